The fraction of sp³-hybridized carbons (Fsp3) is 0.538. The van der Waals surface area contributed by atoms with Gasteiger partial charge in [0.25, 0.3) is 0 Å². The van der Waals surface area contributed by atoms with Gasteiger partial charge in [-0.1, -0.05) is 42.8 Å². The molecule has 1 aliphatic heterocycles. The predicted molar refractivity (Wildman–Crippen MR) is 123 cm³/mol. The lowest BCUT2D eigenvalue weighted by Gasteiger charge is -2.40. The highest BCUT2D eigenvalue weighted by molar-refractivity contribution is 6.31. The summed E-state index contributed by atoms with van der Waals surface area (Å²) >= 11 is 6.45. The van der Waals surface area contributed by atoms with Gasteiger partial charge in [0.1, 0.15) is 36.3 Å². The minimum Gasteiger partial charge on any atom is -0.490 e. The zero-order chi connectivity index (χ0) is 23.3. The van der Waals surface area contributed by atoms with E-state index in [4.69, 9.17) is 21.1 Å². The normalized spacial score (nSPS) is 37.6. The Morgan fingerprint density at radius 1 is 0.970 bits per heavy atom. The van der Waals surface area contributed by atoms with Crippen molar-refractivity contribution in [2.24, 2.45) is 17.8 Å². The average Bonchev–Trinajstić information content (AvgIpc) is 3.20. The third-order valence-electron chi connectivity index (χ3n) is 7.74. The molecule has 9 atom stereocenters. The number of hydrogen-bond donors (Lipinski definition) is 4. The minimum absolute atomic E-state index is 0.326. The number of benzene rings is 2. The Labute approximate surface area is 198 Å². The molecule has 2 aliphatic carbocycles. The molecular formula is C26H31ClO6. The zero-order valence-corrected chi connectivity index (χ0v) is 19.3. The number of hydrogen-bond acceptors (Lipinski definition) is 6. The van der Waals surface area contributed by atoms with Crippen molar-refractivity contribution in [3.63, 3.8) is 0 Å². The molecule has 4 N–H and O–H groups in total. The van der Waals surface area contributed by atoms with E-state index in [1.165, 1.54) is 0 Å². The fourth-order valence-corrected chi connectivity index (χ4v) is 5.78. The molecule has 33 heavy (non-hydrogen) atoms. The van der Waals surface area contributed by atoms with Crippen molar-refractivity contribution in [1.29, 1.82) is 0 Å². The number of halogens is 1. The third kappa shape index (κ3) is 4.53. The molecule has 5 rings (SSSR count). The Hall–Kier alpha value is -1.67. The van der Waals surface area contributed by atoms with Crippen LogP contribution in [0.1, 0.15) is 42.6 Å². The summed E-state index contributed by atoms with van der Waals surface area (Å²) in [6.45, 7) is 1.87. The molecule has 2 aromatic rings. The second kappa shape index (κ2) is 9.17. The highest BCUT2D eigenvalue weighted by Gasteiger charge is 2.53. The second-order valence-electron chi connectivity index (χ2n) is 9.82. The van der Waals surface area contributed by atoms with Crippen LogP contribution >= 0.6 is 11.6 Å². The number of rotatable bonds is 6. The Kier molecular flexibility index (Phi) is 6.42. The lowest BCUT2D eigenvalue weighted by molar-refractivity contribution is -0.231. The quantitative estimate of drug-likeness (QED) is 0.514. The lowest BCUT2D eigenvalue weighted by Crippen LogP contribution is -2.55. The summed E-state index contributed by atoms with van der Waals surface area (Å²) in [6, 6.07) is 13.4. The van der Waals surface area contributed by atoms with Crippen LogP contribution in [0.2, 0.25) is 5.02 Å². The topological polar surface area (TPSA) is 99.4 Å². The van der Waals surface area contributed by atoms with E-state index in [2.05, 4.69) is 6.92 Å². The van der Waals surface area contributed by atoms with Gasteiger partial charge in [-0.3, -0.25) is 0 Å². The van der Waals surface area contributed by atoms with Crippen molar-refractivity contribution in [3.8, 4) is 5.75 Å². The predicted octanol–water partition coefficient (Wildman–Crippen LogP) is 2.87. The first-order chi connectivity index (χ1) is 15.9. The van der Waals surface area contributed by atoms with Gasteiger partial charge in [-0.2, -0.15) is 0 Å². The van der Waals surface area contributed by atoms with E-state index < -0.39 is 37.1 Å². The van der Waals surface area contributed by atoms with Crippen LogP contribution in [-0.4, -0.2) is 57.6 Å². The van der Waals surface area contributed by atoms with Crippen molar-refractivity contribution in [2.75, 3.05) is 6.61 Å². The fourth-order valence-electron chi connectivity index (χ4n) is 5.60. The van der Waals surface area contributed by atoms with E-state index in [1.54, 1.807) is 12.1 Å². The molecule has 0 bridgehead atoms. The number of aliphatic hydroxyl groups is 4. The van der Waals surface area contributed by atoms with Crippen LogP contribution in [-0.2, 0) is 11.2 Å². The highest BCUT2D eigenvalue weighted by atomic mass is 35.5. The smallest absolute Gasteiger partial charge is 0.119 e. The van der Waals surface area contributed by atoms with Gasteiger partial charge in [-0.05, 0) is 71.9 Å². The summed E-state index contributed by atoms with van der Waals surface area (Å²) in [5, 5.41) is 40.6. The molecule has 0 spiro atoms. The van der Waals surface area contributed by atoms with Gasteiger partial charge in [0.05, 0.1) is 12.7 Å². The van der Waals surface area contributed by atoms with Crippen LogP contribution in [0.4, 0.5) is 0 Å². The monoisotopic (exact) mass is 474 g/mol. The van der Waals surface area contributed by atoms with Crippen molar-refractivity contribution in [3.05, 3.63) is 64.2 Å². The van der Waals surface area contributed by atoms with E-state index in [9.17, 15) is 20.4 Å². The summed E-state index contributed by atoms with van der Waals surface area (Å²) in [6.07, 6.45) is -2.72. The van der Waals surface area contributed by atoms with Gasteiger partial charge in [0, 0.05) is 5.02 Å². The Morgan fingerprint density at radius 3 is 2.33 bits per heavy atom. The third-order valence-corrected chi connectivity index (χ3v) is 8.11. The van der Waals surface area contributed by atoms with Crippen LogP contribution in [0.25, 0.3) is 0 Å². The first-order valence-corrected chi connectivity index (χ1v) is 12.1. The van der Waals surface area contributed by atoms with Crippen molar-refractivity contribution in [1.82, 2.24) is 0 Å². The van der Waals surface area contributed by atoms with Gasteiger partial charge >= 0.3 is 0 Å². The molecule has 3 unspecified atom stereocenters. The Morgan fingerprint density at radius 2 is 1.67 bits per heavy atom. The molecule has 0 radical (unpaired) electrons. The molecule has 0 aromatic heterocycles. The largest absolute Gasteiger partial charge is 0.490 e. The first-order valence-electron chi connectivity index (χ1n) is 11.7. The van der Waals surface area contributed by atoms with Crippen LogP contribution < -0.4 is 4.74 Å². The van der Waals surface area contributed by atoms with Crippen LogP contribution in [0.5, 0.6) is 5.75 Å². The maximum absolute atomic E-state index is 10.4. The van der Waals surface area contributed by atoms with Gasteiger partial charge in [0.2, 0.25) is 0 Å². The lowest BCUT2D eigenvalue weighted by atomic mass is 9.90. The van der Waals surface area contributed by atoms with Crippen molar-refractivity contribution in [2.45, 2.75) is 62.8 Å². The van der Waals surface area contributed by atoms with E-state index in [-0.39, 0.29) is 0 Å². The van der Waals surface area contributed by atoms with E-state index in [0.29, 0.717) is 23.1 Å². The van der Waals surface area contributed by atoms with Gasteiger partial charge in [-0.15, -0.1) is 0 Å². The number of aliphatic hydroxyl groups excluding tert-OH is 4. The maximum atomic E-state index is 10.4. The second-order valence-corrected chi connectivity index (χ2v) is 10.2. The van der Waals surface area contributed by atoms with Crippen LogP contribution in [0.3, 0.4) is 0 Å². The van der Waals surface area contributed by atoms with E-state index >= 15 is 0 Å². The molecule has 6 nitrogen and oxygen atoms in total. The standard InChI is InChI=1S/C26H31ClO6/c1-13-19-10-18(11-20(13)19)32-17-5-2-14(3-6-17)8-16-9-15(4-7-21(16)27)26-25(31)24(30)23(29)22(12-28)33-26/h2-7,9,13,18-20,22-26,28-31H,8,10-12H2,1H3/t13?,18?,19-,20?,22+,23+,24-,25+,26-/m0/s1. The maximum Gasteiger partial charge on any atom is 0.119 e. The molecule has 7 heteroatoms. The number of fused-ring (bicyclic) bond motifs is 1. The molecular weight excluding hydrogens is 444 g/mol. The van der Waals surface area contributed by atoms with E-state index in [1.807, 2.05) is 30.3 Å². The SMILES string of the molecule is CC1C2CC(Oc3ccc(Cc4cc([C@@H]5O[C@H](CO)[C@@H](O)[C@H](O)[C@H]5O)ccc4Cl)cc3)C[C@@H]12. The van der Waals surface area contributed by atoms with Crippen LogP contribution in [0, 0.1) is 17.8 Å². The summed E-state index contributed by atoms with van der Waals surface area (Å²) < 4.78 is 11.9. The summed E-state index contributed by atoms with van der Waals surface area (Å²) in [5.74, 6) is 3.47. The first kappa shape index (κ1) is 23.1. The summed E-state index contributed by atoms with van der Waals surface area (Å²) in [5.41, 5.74) is 2.54. The Bertz CT molecular complexity index is 967. The molecule has 1 saturated heterocycles. The summed E-state index contributed by atoms with van der Waals surface area (Å²) in [7, 11) is 0. The summed E-state index contributed by atoms with van der Waals surface area (Å²) in [4.78, 5) is 0. The molecule has 3 fully saturated rings. The molecule has 2 saturated carbocycles. The molecule has 1 heterocycles. The minimum atomic E-state index is -1.42. The molecule has 3 aliphatic rings. The van der Waals surface area contributed by atoms with E-state index in [0.717, 1.165) is 47.5 Å². The average molecular weight is 475 g/mol. The highest BCUT2D eigenvalue weighted by Crippen LogP contribution is 2.57. The zero-order valence-electron chi connectivity index (χ0n) is 18.5. The Balaban J connectivity index is 1.26. The van der Waals surface area contributed by atoms with Gasteiger partial charge < -0.3 is 29.9 Å². The molecule has 178 valence electrons. The van der Waals surface area contributed by atoms with Crippen molar-refractivity contribution < 1.29 is 29.9 Å². The van der Waals surface area contributed by atoms with Crippen molar-refractivity contribution >= 4 is 11.6 Å². The molecule has 0 amide bonds. The molecule has 2 aromatic carbocycles. The number of ether oxygens (including phenoxy) is 2. The van der Waals surface area contributed by atoms with Crippen LogP contribution in [0.15, 0.2) is 42.5 Å². The van der Waals surface area contributed by atoms with Gasteiger partial charge in [0.15, 0.2) is 0 Å². The van der Waals surface area contributed by atoms with Gasteiger partial charge in [-0.25, -0.2) is 0 Å².